The molecule has 2 aromatic heterocycles. The zero-order valence-corrected chi connectivity index (χ0v) is 10.5. The molecule has 0 aliphatic rings. The number of imidazole rings is 1. The van der Waals surface area contributed by atoms with Gasteiger partial charge in [0.2, 0.25) is 0 Å². The Balaban J connectivity index is 2.50. The van der Waals surface area contributed by atoms with Crippen molar-refractivity contribution in [3.63, 3.8) is 0 Å². The monoisotopic (exact) mass is 256 g/mol. The van der Waals surface area contributed by atoms with Gasteiger partial charge in [-0.1, -0.05) is 20.8 Å². The van der Waals surface area contributed by atoms with Gasteiger partial charge >= 0.3 is 6.18 Å². The largest absolute Gasteiger partial charge is 0.417 e. The molecule has 0 radical (unpaired) electrons. The van der Waals surface area contributed by atoms with Gasteiger partial charge in [0.05, 0.1) is 5.56 Å². The molecule has 0 aliphatic heterocycles. The molecule has 2 aromatic rings. The van der Waals surface area contributed by atoms with Crippen molar-refractivity contribution >= 4 is 5.65 Å². The summed E-state index contributed by atoms with van der Waals surface area (Å²) in [5.74, 6) is 0. The number of hydrogen-bond donors (Lipinski definition) is 0. The molecular formula is C13H15F3N2. The van der Waals surface area contributed by atoms with Gasteiger partial charge in [-0.05, 0) is 24.0 Å². The summed E-state index contributed by atoms with van der Waals surface area (Å²) in [5.41, 5.74) is 0.693. The second kappa shape index (κ2) is 4.00. The summed E-state index contributed by atoms with van der Waals surface area (Å²) in [6, 6.07) is 2.46. The minimum Gasteiger partial charge on any atom is -0.303 e. The SMILES string of the molecule is CC(C)(C)Cc1cnc2ccc(C(F)(F)F)cn12. The summed E-state index contributed by atoms with van der Waals surface area (Å²) < 4.78 is 39.5. The first kappa shape index (κ1) is 12.9. The molecule has 0 spiro atoms. The van der Waals surface area contributed by atoms with E-state index < -0.39 is 11.7 Å². The standard InChI is InChI=1S/C13H15F3N2/c1-12(2,3)6-10-7-17-11-5-4-9(8-18(10)11)13(14,15)16/h4-5,7-8H,6H2,1-3H3. The second-order valence-electron chi connectivity index (χ2n) is 5.63. The molecule has 5 heteroatoms. The van der Waals surface area contributed by atoms with Crippen LogP contribution in [0, 0.1) is 5.41 Å². The average molecular weight is 256 g/mol. The topological polar surface area (TPSA) is 17.3 Å². The van der Waals surface area contributed by atoms with E-state index in [1.807, 2.05) is 20.8 Å². The molecule has 0 saturated heterocycles. The Labute approximate surface area is 103 Å². The van der Waals surface area contributed by atoms with Crippen LogP contribution in [0.15, 0.2) is 24.5 Å². The van der Waals surface area contributed by atoms with Gasteiger partial charge < -0.3 is 4.40 Å². The molecule has 0 bridgehead atoms. The number of rotatable bonds is 1. The Hall–Kier alpha value is -1.52. The molecule has 0 aliphatic carbocycles. The molecule has 2 nitrogen and oxygen atoms in total. The highest BCUT2D eigenvalue weighted by Crippen LogP contribution is 2.30. The van der Waals surface area contributed by atoms with Gasteiger partial charge in [-0.25, -0.2) is 4.98 Å². The highest BCUT2D eigenvalue weighted by Gasteiger charge is 2.31. The predicted octanol–water partition coefficient (Wildman–Crippen LogP) is 3.94. The van der Waals surface area contributed by atoms with Crippen LogP contribution in [0.5, 0.6) is 0 Å². The Morgan fingerprint density at radius 3 is 2.39 bits per heavy atom. The fourth-order valence-corrected chi connectivity index (χ4v) is 1.87. The molecule has 0 N–H and O–H groups in total. The minimum absolute atomic E-state index is 0.00417. The van der Waals surface area contributed by atoms with Crippen molar-refractivity contribution < 1.29 is 13.2 Å². The van der Waals surface area contributed by atoms with Crippen molar-refractivity contribution in [2.45, 2.75) is 33.4 Å². The van der Waals surface area contributed by atoms with Gasteiger partial charge in [-0.3, -0.25) is 0 Å². The summed E-state index contributed by atoms with van der Waals surface area (Å²) in [4.78, 5) is 4.12. The van der Waals surface area contributed by atoms with Crippen molar-refractivity contribution in [2.24, 2.45) is 5.41 Å². The molecule has 0 amide bonds. The first-order valence-electron chi connectivity index (χ1n) is 5.70. The van der Waals surface area contributed by atoms with Gasteiger partial charge in [0.1, 0.15) is 5.65 Å². The predicted molar refractivity (Wildman–Crippen MR) is 63.4 cm³/mol. The molecule has 0 fully saturated rings. The van der Waals surface area contributed by atoms with E-state index in [1.165, 1.54) is 10.5 Å². The van der Waals surface area contributed by atoms with Crippen molar-refractivity contribution in [2.75, 3.05) is 0 Å². The van der Waals surface area contributed by atoms with Crippen LogP contribution >= 0.6 is 0 Å². The van der Waals surface area contributed by atoms with E-state index in [2.05, 4.69) is 4.98 Å². The summed E-state index contributed by atoms with van der Waals surface area (Å²) in [5, 5.41) is 0. The quantitative estimate of drug-likeness (QED) is 0.755. The first-order valence-corrected chi connectivity index (χ1v) is 5.70. The zero-order chi connectivity index (χ0) is 13.6. The van der Waals surface area contributed by atoms with Crippen LogP contribution in [-0.4, -0.2) is 9.38 Å². The van der Waals surface area contributed by atoms with Crippen LogP contribution in [0.4, 0.5) is 13.2 Å². The number of aromatic nitrogens is 2. The van der Waals surface area contributed by atoms with Crippen molar-refractivity contribution in [3.05, 3.63) is 35.8 Å². The van der Waals surface area contributed by atoms with Gasteiger partial charge in [-0.15, -0.1) is 0 Å². The highest BCUT2D eigenvalue weighted by molar-refractivity contribution is 5.42. The maximum atomic E-state index is 12.7. The van der Waals surface area contributed by atoms with Crippen molar-refractivity contribution in [3.8, 4) is 0 Å². The summed E-state index contributed by atoms with van der Waals surface area (Å²) in [6.45, 7) is 6.13. The Morgan fingerprint density at radius 2 is 1.83 bits per heavy atom. The third-order valence-corrected chi connectivity index (χ3v) is 2.62. The van der Waals surface area contributed by atoms with E-state index in [1.54, 1.807) is 6.20 Å². The van der Waals surface area contributed by atoms with E-state index in [0.717, 1.165) is 18.0 Å². The molecule has 0 atom stereocenters. The van der Waals surface area contributed by atoms with Crippen LogP contribution in [0.25, 0.3) is 5.65 Å². The summed E-state index contributed by atoms with van der Waals surface area (Å²) in [7, 11) is 0. The van der Waals surface area contributed by atoms with Gasteiger partial charge in [-0.2, -0.15) is 13.2 Å². The number of alkyl halides is 3. The third-order valence-electron chi connectivity index (χ3n) is 2.62. The van der Waals surface area contributed by atoms with E-state index in [-0.39, 0.29) is 5.41 Å². The molecule has 0 aromatic carbocycles. The lowest BCUT2D eigenvalue weighted by atomic mass is 9.91. The fraction of sp³-hybridized carbons (Fsp3) is 0.462. The van der Waals surface area contributed by atoms with Crippen LogP contribution < -0.4 is 0 Å². The zero-order valence-electron chi connectivity index (χ0n) is 10.5. The van der Waals surface area contributed by atoms with E-state index in [9.17, 15) is 13.2 Å². The maximum absolute atomic E-state index is 12.7. The lowest BCUT2D eigenvalue weighted by Gasteiger charge is -2.17. The summed E-state index contributed by atoms with van der Waals surface area (Å²) in [6.07, 6.45) is -0.892. The van der Waals surface area contributed by atoms with Gasteiger partial charge in [0.25, 0.3) is 0 Å². The molecule has 2 rings (SSSR count). The van der Waals surface area contributed by atoms with E-state index >= 15 is 0 Å². The number of nitrogens with zero attached hydrogens (tertiary/aromatic N) is 2. The number of fused-ring (bicyclic) bond motifs is 1. The molecule has 2 heterocycles. The maximum Gasteiger partial charge on any atom is 0.417 e. The van der Waals surface area contributed by atoms with Crippen LogP contribution in [0.1, 0.15) is 32.0 Å². The summed E-state index contributed by atoms with van der Waals surface area (Å²) >= 11 is 0. The molecule has 18 heavy (non-hydrogen) atoms. The van der Waals surface area contributed by atoms with Gasteiger partial charge in [0, 0.05) is 18.1 Å². The van der Waals surface area contributed by atoms with Crippen LogP contribution in [0.3, 0.4) is 0 Å². The number of hydrogen-bond acceptors (Lipinski definition) is 1. The second-order valence-corrected chi connectivity index (χ2v) is 5.63. The number of pyridine rings is 1. The van der Waals surface area contributed by atoms with Gasteiger partial charge in [0.15, 0.2) is 0 Å². The van der Waals surface area contributed by atoms with Crippen molar-refractivity contribution in [1.82, 2.24) is 9.38 Å². The minimum atomic E-state index is -4.32. The molecular weight excluding hydrogens is 241 g/mol. The molecule has 98 valence electrons. The Kier molecular flexibility index (Phi) is 2.87. The molecule has 0 saturated carbocycles. The van der Waals surface area contributed by atoms with E-state index in [0.29, 0.717) is 12.1 Å². The van der Waals surface area contributed by atoms with Crippen molar-refractivity contribution in [1.29, 1.82) is 0 Å². The smallest absolute Gasteiger partial charge is 0.303 e. The fourth-order valence-electron chi connectivity index (χ4n) is 1.87. The van der Waals surface area contributed by atoms with Crippen LogP contribution in [-0.2, 0) is 12.6 Å². The number of halogens is 3. The Bertz CT molecular complexity index is 562. The molecule has 0 unspecified atom stereocenters. The lowest BCUT2D eigenvalue weighted by Crippen LogP contribution is -2.12. The Morgan fingerprint density at radius 1 is 1.17 bits per heavy atom. The third kappa shape index (κ3) is 2.66. The highest BCUT2D eigenvalue weighted by atomic mass is 19.4. The van der Waals surface area contributed by atoms with E-state index in [4.69, 9.17) is 0 Å². The lowest BCUT2D eigenvalue weighted by molar-refractivity contribution is -0.137. The first-order chi connectivity index (χ1) is 8.17. The average Bonchev–Trinajstić information content (AvgIpc) is 2.57. The van der Waals surface area contributed by atoms with Crippen LogP contribution in [0.2, 0.25) is 0 Å². The normalized spacial score (nSPS) is 13.2.